The number of carboxylic acids is 1. The van der Waals surface area contributed by atoms with Crippen molar-refractivity contribution in [1.29, 1.82) is 0 Å². The van der Waals surface area contributed by atoms with Gasteiger partial charge >= 0.3 is 41.3 Å². The second-order valence-corrected chi connectivity index (χ2v) is 9.49. The molecule has 0 spiro atoms. The number of nitrogens with one attached hydrogen (secondary N) is 1. The molecule has 1 fully saturated rings. The van der Waals surface area contributed by atoms with Gasteiger partial charge in [0.2, 0.25) is 23.3 Å². The molecule has 3 atom stereocenters. The number of β-lactam (4-membered cyclic amide) rings is 1. The number of fused-ring (bicyclic) bond motifs is 1. The summed E-state index contributed by atoms with van der Waals surface area (Å²) in [6, 6.07) is 7.26. The van der Waals surface area contributed by atoms with Gasteiger partial charge in [0, 0.05) is 18.2 Å². The Morgan fingerprint density at radius 2 is 1.90 bits per heavy atom. The fourth-order valence-corrected chi connectivity index (χ4v) is 5.86. The van der Waals surface area contributed by atoms with Gasteiger partial charge in [-0.15, -0.1) is 11.8 Å². The third-order valence-corrected chi connectivity index (χ3v) is 7.40. The van der Waals surface area contributed by atoms with Crippen LogP contribution in [0.3, 0.4) is 0 Å². The largest absolute Gasteiger partial charge is 1.00 e. The number of thioether (sulfide) groups is 1. The van der Waals surface area contributed by atoms with Crippen molar-refractivity contribution >= 4 is 47.2 Å². The Labute approximate surface area is 245 Å². The van der Waals surface area contributed by atoms with Crippen LogP contribution in [-0.2, 0) is 29.3 Å². The van der Waals surface area contributed by atoms with Crippen LogP contribution >= 0.6 is 11.8 Å². The van der Waals surface area contributed by atoms with Crippen molar-refractivity contribution in [2.75, 3.05) is 5.75 Å². The van der Waals surface area contributed by atoms with E-state index in [4.69, 9.17) is 16.2 Å². The van der Waals surface area contributed by atoms with Gasteiger partial charge in [0.05, 0.1) is 23.5 Å². The first kappa shape index (κ1) is 29.8. The van der Waals surface area contributed by atoms with Crippen LogP contribution in [0.1, 0.15) is 35.2 Å². The fourth-order valence-electron chi connectivity index (χ4n) is 4.57. The van der Waals surface area contributed by atoms with Crippen molar-refractivity contribution < 1.29 is 68.3 Å². The quantitative estimate of drug-likeness (QED) is 0.0857. The molecule has 198 valence electrons. The van der Waals surface area contributed by atoms with Crippen molar-refractivity contribution in [3.63, 3.8) is 0 Å². The summed E-state index contributed by atoms with van der Waals surface area (Å²) in [6.45, 7) is 0.982. The minimum Gasteiger partial charge on any atom is -0.543 e. The van der Waals surface area contributed by atoms with Crippen LogP contribution < -0.4 is 46.1 Å². The first-order valence-corrected chi connectivity index (χ1v) is 11.9. The topological polar surface area (TPSA) is 245 Å². The minimum absolute atomic E-state index is 0. The zero-order valence-electron chi connectivity index (χ0n) is 20.5. The Morgan fingerprint density at radius 3 is 2.36 bits per heavy atom. The molecule has 2 aromatic rings. The van der Waals surface area contributed by atoms with Gasteiger partial charge in [0.1, 0.15) is 0 Å². The summed E-state index contributed by atoms with van der Waals surface area (Å²) in [7, 11) is 0. The number of carbonyl (C=O) groups is 5. The zero-order chi connectivity index (χ0) is 27.9. The molecule has 5 N–H and O–H groups in total. The number of esters is 1. The molecule has 2 unspecified atom stereocenters. The van der Waals surface area contributed by atoms with E-state index in [0.717, 1.165) is 23.6 Å². The number of carboxylic acid groups (broad SMARTS) is 1. The van der Waals surface area contributed by atoms with Gasteiger partial charge in [-0.05, 0) is 10.5 Å². The Balaban J connectivity index is 0.00000420. The van der Waals surface area contributed by atoms with E-state index >= 15 is 0 Å². The van der Waals surface area contributed by atoms with E-state index in [9.17, 15) is 39.2 Å². The number of aromatic amines is 1. The van der Waals surface area contributed by atoms with E-state index in [0.29, 0.717) is 0 Å². The van der Waals surface area contributed by atoms with Crippen LogP contribution in [0.2, 0.25) is 0 Å². The predicted molar refractivity (Wildman–Crippen MR) is 125 cm³/mol. The second kappa shape index (κ2) is 11.2. The third-order valence-electron chi connectivity index (χ3n) is 6.16. The van der Waals surface area contributed by atoms with Crippen molar-refractivity contribution in [3.05, 3.63) is 68.8 Å². The maximum atomic E-state index is 13.5. The minimum atomic E-state index is -2.46. The van der Waals surface area contributed by atoms with Crippen LogP contribution in [0.15, 0.2) is 41.6 Å². The van der Waals surface area contributed by atoms with Crippen molar-refractivity contribution in [2.24, 2.45) is 11.5 Å². The number of aliphatic carboxylic acids is 1. The summed E-state index contributed by atoms with van der Waals surface area (Å²) < 4.78 is 5.53. The zero-order valence-corrected chi connectivity index (χ0v) is 23.4. The van der Waals surface area contributed by atoms with Crippen molar-refractivity contribution in [2.45, 2.75) is 30.2 Å². The Kier molecular flexibility index (Phi) is 8.54. The number of H-pyrrole nitrogens is 1. The molecule has 1 aromatic heterocycles. The summed E-state index contributed by atoms with van der Waals surface area (Å²) in [5, 5.41) is 23.4. The van der Waals surface area contributed by atoms with Crippen LogP contribution in [0, 0.1) is 10.1 Å². The molecule has 4 rings (SSSR count). The molecule has 2 aliphatic heterocycles. The number of carbonyl (C=O) groups excluding carboxylic acids is 5. The number of benzene rings is 1. The maximum absolute atomic E-state index is 13.5. The smallest absolute Gasteiger partial charge is 0.543 e. The van der Waals surface area contributed by atoms with Crippen LogP contribution in [0.25, 0.3) is 0 Å². The van der Waals surface area contributed by atoms with Gasteiger partial charge in [-0.3, -0.25) is 24.1 Å². The van der Waals surface area contributed by atoms with Crippen LogP contribution in [0.5, 0.6) is 0 Å². The monoisotopic (exact) mass is 566 g/mol. The van der Waals surface area contributed by atoms with E-state index in [-0.39, 0.29) is 52.9 Å². The molecule has 0 saturated carbocycles. The first-order valence-electron chi connectivity index (χ1n) is 10.9. The predicted octanol–water partition coefficient (Wildman–Crippen LogP) is -4.57. The molecular formula is C22H19N6NaO9S. The SMILES string of the molecule is CC(=O)OC(C1=C(C(=O)[O-])N2C(=O)C[C@H]2SC1)C(C(N)=O)(c1ccccc1)c1nc(C(N)=O)c([N+](=O)[O-])[nH]1.[Na+]. The molecular weight excluding hydrogens is 547 g/mol. The molecule has 2 aliphatic rings. The number of nitrogens with zero attached hydrogens (tertiary/aromatic N) is 3. The molecule has 17 heteroatoms. The van der Waals surface area contributed by atoms with Crippen LogP contribution in [-0.4, -0.2) is 66.7 Å². The number of primary amides is 2. The molecule has 0 radical (unpaired) electrons. The van der Waals surface area contributed by atoms with Crippen molar-refractivity contribution in [3.8, 4) is 0 Å². The normalized spacial score (nSPS) is 18.5. The summed E-state index contributed by atoms with van der Waals surface area (Å²) >= 11 is 1.14. The first-order chi connectivity index (χ1) is 17.9. The van der Waals surface area contributed by atoms with Gasteiger partial charge in [-0.25, -0.2) is 4.98 Å². The number of amides is 3. The summed E-state index contributed by atoms with van der Waals surface area (Å²) in [4.78, 5) is 80.2. The van der Waals surface area contributed by atoms with Gasteiger partial charge in [0.25, 0.3) is 5.91 Å². The number of hydrogen-bond acceptors (Lipinski definition) is 11. The average molecular weight is 566 g/mol. The summed E-state index contributed by atoms with van der Waals surface area (Å²) in [5.41, 5.74) is 6.98. The average Bonchev–Trinajstić information content (AvgIpc) is 3.29. The molecule has 3 amide bonds. The number of nitrogens with two attached hydrogens (primary N) is 2. The molecule has 1 saturated heterocycles. The Morgan fingerprint density at radius 1 is 1.26 bits per heavy atom. The van der Waals surface area contributed by atoms with E-state index in [1.54, 1.807) is 6.07 Å². The van der Waals surface area contributed by atoms with E-state index in [1.165, 1.54) is 24.3 Å². The Hall–Kier alpha value is -3.73. The number of ether oxygens (including phenoxy) is 1. The molecule has 15 nitrogen and oxygen atoms in total. The van der Waals surface area contributed by atoms with E-state index in [2.05, 4.69) is 9.97 Å². The molecule has 39 heavy (non-hydrogen) atoms. The maximum Gasteiger partial charge on any atom is 1.00 e. The summed E-state index contributed by atoms with van der Waals surface area (Å²) in [6.07, 6.45) is -1.85. The fraction of sp³-hybridized carbons (Fsp3) is 0.273. The molecule has 0 aliphatic carbocycles. The number of imidazole rings is 1. The Bertz CT molecular complexity index is 1400. The van der Waals surface area contributed by atoms with E-state index < -0.39 is 74.5 Å². The number of aromatic nitrogens is 2. The summed E-state index contributed by atoms with van der Waals surface area (Å²) in [5.74, 6) is -7.65. The van der Waals surface area contributed by atoms with Gasteiger partial charge in [0.15, 0.2) is 11.5 Å². The van der Waals surface area contributed by atoms with E-state index in [1.807, 2.05) is 0 Å². The standard InChI is InChI=1S/C22H20N6O9S.Na/c1-9(29)37-16(11-8-38-13-7-12(30)27(13)15(11)19(32)33)22(20(24)34,10-5-3-2-4-6-10)21-25-14(17(23)31)18(26-21)28(35)36;/h2-6,13,16H,7-8H2,1H3,(H2,23,31)(H2,24,34)(H,25,26)(H,32,33);/q;+1/p-1/t13-,16?,22?;/m1./s1. The van der Waals surface area contributed by atoms with Crippen LogP contribution in [0.4, 0.5) is 5.82 Å². The number of hydrogen-bond donors (Lipinski definition) is 3. The molecule has 1 aromatic carbocycles. The van der Waals surface area contributed by atoms with Gasteiger partial charge in [-0.1, -0.05) is 30.3 Å². The third kappa shape index (κ3) is 4.91. The number of nitro groups is 1. The van der Waals surface area contributed by atoms with Crippen molar-refractivity contribution in [1.82, 2.24) is 14.9 Å². The second-order valence-electron chi connectivity index (χ2n) is 8.33. The number of rotatable bonds is 9. The molecule has 0 bridgehead atoms. The van der Waals surface area contributed by atoms with Gasteiger partial charge < -0.3 is 36.2 Å². The molecule has 3 heterocycles. The van der Waals surface area contributed by atoms with Gasteiger partial charge in [-0.2, -0.15) is 4.98 Å².